The normalized spacial score (nSPS) is 14.4. The van der Waals surface area contributed by atoms with E-state index in [-0.39, 0.29) is 16.7 Å². The van der Waals surface area contributed by atoms with E-state index in [1.54, 1.807) is 36.9 Å². The zero-order chi connectivity index (χ0) is 21.9. The number of carbonyl (C=O) groups excluding carboxylic acids is 2. The number of anilines is 2. The Morgan fingerprint density at radius 1 is 1.13 bits per heavy atom. The standard InChI is InChI=1S/C21H24ClN3O4S/c1-3-24(4-2)30(28,29)17-10-7-15(8-11-17)21(27)23-16-9-12-19(18(22)14-16)25-13-5-6-20(25)26/h7-12,14H,3-6,13H2,1-2H3,(H,23,27). The minimum absolute atomic E-state index is 0.0356. The molecule has 1 aliphatic rings. The van der Waals surface area contributed by atoms with Gasteiger partial charge < -0.3 is 10.2 Å². The Balaban J connectivity index is 1.73. The average molecular weight is 450 g/mol. The minimum atomic E-state index is -3.57. The zero-order valence-corrected chi connectivity index (χ0v) is 18.5. The number of hydrogen-bond donors (Lipinski definition) is 1. The molecule has 160 valence electrons. The van der Waals surface area contributed by atoms with E-state index >= 15 is 0 Å². The highest BCUT2D eigenvalue weighted by Gasteiger charge is 2.24. The van der Waals surface area contributed by atoms with Crippen LogP contribution in [0.2, 0.25) is 5.02 Å². The quantitative estimate of drug-likeness (QED) is 0.697. The summed E-state index contributed by atoms with van der Waals surface area (Å²) in [5.74, 6) is -0.351. The molecule has 1 fully saturated rings. The second-order valence-corrected chi connectivity index (χ2v) is 9.23. The average Bonchev–Trinajstić information content (AvgIpc) is 3.14. The molecule has 1 saturated heterocycles. The van der Waals surface area contributed by atoms with E-state index in [0.29, 0.717) is 48.0 Å². The van der Waals surface area contributed by atoms with Gasteiger partial charge in [-0.05, 0) is 48.9 Å². The van der Waals surface area contributed by atoms with Gasteiger partial charge in [0.15, 0.2) is 0 Å². The van der Waals surface area contributed by atoms with E-state index in [1.807, 2.05) is 0 Å². The molecule has 2 aromatic carbocycles. The van der Waals surface area contributed by atoms with Crippen LogP contribution in [0.5, 0.6) is 0 Å². The third-order valence-electron chi connectivity index (χ3n) is 5.03. The summed E-state index contributed by atoms with van der Waals surface area (Å²) >= 11 is 6.32. The highest BCUT2D eigenvalue weighted by Crippen LogP contribution is 2.31. The molecular weight excluding hydrogens is 426 g/mol. The largest absolute Gasteiger partial charge is 0.322 e. The van der Waals surface area contributed by atoms with Gasteiger partial charge in [0.05, 0.1) is 15.6 Å². The van der Waals surface area contributed by atoms with Crippen LogP contribution in [-0.2, 0) is 14.8 Å². The molecule has 0 spiro atoms. The van der Waals surface area contributed by atoms with Crippen LogP contribution in [0, 0.1) is 0 Å². The van der Waals surface area contributed by atoms with Gasteiger partial charge >= 0.3 is 0 Å². The maximum Gasteiger partial charge on any atom is 0.255 e. The lowest BCUT2D eigenvalue weighted by molar-refractivity contribution is -0.117. The van der Waals surface area contributed by atoms with Crippen molar-refractivity contribution in [2.45, 2.75) is 31.6 Å². The third kappa shape index (κ3) is 4.50. The first-order chi connectivity index (χ1) is 14.3. The van der Waals surface area contributed by atoms with E-state index in [0.717, 1.165) is 6.42 Å². The van der Waals surface area contributed by atoms with Crippen molar-refractivity contribution in [1.29, 1.82) is 0 Å². The number of benzene rings is 2. The van der Waals surface area contributed by atoms with Crippen molar-refractivity contribution < 1.29 is 18.0 Å². The molecule has 7 nitrogen and oxygen atoms in total. The molecule has 0 unspecified atom stereocenters. The number of hydrogen-bond acceptors (Lipinski definition) is 4. The Hall–Kier alpha value is -2.42. The van der Waals surface area contributed by atoms with Crippen molar-refractivity contribution in [3.05, 3.63) is 53.1 Å². The van der Waals surface area contributed by atoms with Crippen molar-refractivity contribution in [2.75, 3.05) is 29.9 Å². The molecule has 9 heteroatoms. The van der Waals surface area contributed by atoms with Crippen LogP contribution in [0.25, 0.3) is 0 Å². The first kappa shape index (κ1) is 22.3. The van der Waals surface area contributed by atoms with Crippen LogP contribution in [0.15, 0.2) is 47.4 Å². The topological polar surface area (TPSA) is 86.8 Å². The number of sulfonamides is 1. The molecule has 1 N–H and O–H groups in total. The van der Waals surface area contributed by atoms with Gasteiger partial charge in [-0.25, -0.2) is 8.42 Å². The van der Waals surface area contributed by atoms with E-state index in [1.165, 1.54) is 28.6 Å². The van der Waals surface area contributed by atoms with Gasteiger partial charge in [-0.3, -0.25) is 9.59 Å². The van der Waals surface area contributed by atoms with Gasteiger partial charge in [0.25, 0.3) is 5.91 Å². The van der Waals surface area contributed by atoms with Gasteiger partial charge in [-0.1, -0.05) is 25.4 Å². The molecular formula is C21H24ClN3O4S. The molecule has 0 aromatic heterocycles. The SMILES string of the molecule is CCN(CC)S(=O)(=O)c1ccc(C(=O)Nc2ccc(N3CCCC3=O)c(Cl)c2)cc1. The summed E-state index contributed by atoms with van der Waals surface area (Å²) in [5.41, 5.74) is 1.44. The summed E-state index contributed by atoms with van der Waals surface area (Å²) in [7, 11) is -3.57. The van der Waals surface area contributed by atoms with E-state index in [2.05, 4.69) is 5.32 Å². The van der Waals surface area contributed by atoms with E-state index in [9.17, 15) is 18.0 Å². The molecule has 3 rings (SSSR count). The fourth-order valence-electron chi connectivity index (χ4n) is 3.40. The maximum absolute atomic E-state index is 12.6. The lowest BCUT2D eigenvalue weighted by atomic mass is 10.2. The second kappa shape index (κ2) is 9.16. The van der Waals surface area contributed by atoms with Crippen LogP contribution < -0.4 is 10.2 Å². The van der Waals surface area contributed by atoms with Gasteiger partial charge in [-0.2, -0.15) is 4.31 Å². The first-order valence-corrected chi connectivity index (χ1v) is 11.6. The number of amides is 2. The number of nitrogens with one attached hydrogen (secondary N) is 1. The summed E-state index contributed by atoms with van der Waals surface area (Å²) in [4.78, 5) is 26.2. The van der Waals surface area contributed by atoms with E-state index < -0.39 is 10.0 Å². The Morgan fingerprint density at radius 2 is 1.80 bits per heavy atom. The molecule has 0 aliphatic carbocycles. The fourth-order valence-corrected chi connectivity index (χ4v) is 5.14. The fraction of sp³-hybridized carbons (Fsp3) is 0.333. The molecule has 0 saturated carbocycles. The maximum atomic E-state index is 12.6. The molecule has 1 aliphatic heterocycles. The minimum Gasteiger partial charge on any atom is -0.322 e. The van der Waals surface area contributed by atoms with Crippen molar-refractivity contribution in [1.82, 2.24) is 4.31 Å². The van der Waals surface area contributed by atoms with Crippen molar-refractivity contribution in [3.8, 4) is 0 Å². The van der Waals surface area contributed by atoms with Gasteiger partial charge in [0, 0.05) is 37.3 Å². The van der Waals surface area contributed by atoms with Crippen LogP contribution >= 0.6 is 11.6 Å². The molecule has 2 amide bonds. The Labute approximate surface area is 181 Å². The zero-order valence-electron chi connectivity index (χ0n) is 16.9. The van der Waals surface area contributed by atoms with Crippen molar-refractivity contribution in [2.24, 2.45) is 0 Å². The van der Waals surface area contributed by atoms with Gasteiger partial charge in [-0.15, -0.1) is 0 Å². The molecule has 1 heterocycles. The van der Waals surface area contributed by atoms with E-state index in [4.69, 9.17) is 11.6 Å². The lowest BCUT2D eigenvalue weighted by Crippen LogP contribution is -2.30. The summed E-state index contributed by atoms with van der Waals surface area (Å²) in [6, 6.07) is 10.8. The van der Waals surface area contributed by atoms with Crippen LogP contribution in [0.1, 0.15) is 37.0 Å². The summed E-state index contributed by atoms with van der Waals surface area (Å²) in [5, 5.41) is 3.12. The number of nitrogens with zero attached hydrogens (tertiary/aromatic N) is 2. The predicted molar refractivity (Wildman–Crippen MR) is 118 cm³/mol. The van der Waals surface area contributed by atoms with Gasteiger partial charge in [0.2, 0.25) is 15.9 Å². The van der Waals surface area contributed by atoms with Crippen LogP contribution in [0.3, 0.4) is 0 Å². The summed E-state index contributed by atoms with van der Waals surface area (Å²) in [6.07, 6.45) is 1.31. The number of rotatable bonds is 7. The Bertz CT molecular complexity index is 1050. The number of carbonyl (C=O) groups is 2. The van der Waals surface area contributed by atoms with Crippen molar-refractivity contribution in [3.63, 3.8) is 0 Å². The summed E-state index contributed by atoms with van der Waals surface area (Å²) < 4.78 is 26.5. The molecule has 0 bridgehead atoms. The van der Waals surface area contributed by atoms with Gasteiger partial charge in [0.1, 0.15) is 0 Å². The lowest BCUT2D eigenvalue weighted by Gasteiger charge is -2.18. The molecule has 0 radical (unpaired) electrons. The second-order valence-electron chi connectivity index (χ2n) is 6.88. The Morgan fingerprint density at radius 3 is 2.33 bits per heavy atom. The predicted octanol–water partition coefficient (Wildman–Crippen LogP) is 3.75. The monoisotopic (exact) mass is 449 g/mol. The Kier molecular flexibility index (Phi) is 6.80. The molecule has 2 aromatic rings. The smallest absolute Gasteiger partial charge is 0.255 e. The summed E-state index contributed by atoms with van der Waals surface area (Å²) in [6.45, 7) is 4.94. The highest BCUT2D eigenvalue weighted by molar-refractivity contribution is 7.89. The molecule has 0 atom stereocenters. The van der Waals surface area contributed by atoms with Crippen molar-refractivity contribution >= 4 is 44.8 Å². The highest BCUT2D eigenvalue weighted by atomic mass is 35.5. The third-order valence-corrected chi connectivity index (χ3v) is 7.40. The molecule has 30 heavy (non-hydrogen) atoms. The van der Waals surface area contributed by atoms with Crippen LogP contribution in [-0.4, -0.2) is 44.2 Å². The number of halogens is 1. The van der Waals surface area contributed by atoms with Crippen LogP contribution in [0.4, 0.5) is 11.4 Å². The first-order valence-electron chi connectivity index (χ1n) is 9.79.